The SMILES string of the molecule is CCN(CC1CCCO1)C(=O)c1ccc(S(=O)(=O)Nc2ccc(OC)cc2)cc1. The molecule has 156 valence electrons. The molecule has 1 aliphatic heterocycles. The summed E-state index contributed by atoms with van der Waals surface area (Å²) in [5, 5.41) is 0. The van der Waals surface area contributed by atoms with Gasteiger partial charge < -0.3 is 14.4 Å². The summed E-state index contributed by atoms with van der Waals surface area (Å²) in [5.74, 6) is 0.509. The number of amides is 1. The van der Waals surface area contributed by atoms with Crippen molar-refractivity contribution in [2.75, 3.05) is 31.5 Å². The van der Waals surface area contributed by atoms with E-state index in [4.69, 9.17) is 9.47 Å². The smallest absolute Gasteiger partial charge is 0.261 e. The van der Waals surface area contributed by atoms with Crippen LogP contribution in [0.1, 0.15) is 30.1 Å². The van der Waals surface area contributed by atoms with Crippen LogP contribution >= 0.6 is 0 Å². The Bertz CT molecular complexity index is 921. The molecule has 1 N–H and O–H groups in total. The highest BCUT2D eigenvalue weighted by atomic mass is 32.2. The number of hydrogen-bond donors (Lipinski definition) is 1. The Kier molecular flexibility index (Phi) is 6.76. The molecule has 1 aliphatic rings. The van der Waals surface area contributed by atoms with Crippen molar-refractivity contribution in [1.29, 1.82) is 0 Å². The zero-order valence-electron chi connectivity index (χ0n) is 16.6. The molecule has 2 aromatic carbocycles. The molecule has 1 saturated heterocycles. The molecule has 0 saturated carbocycles. The molecule has 0 spiro atoms. The van der Waals surface area contributed by atoms with E-state index in [1.165, 1.54) is 12.1 Å². The molecule has 0 aromatic heterocycles. The second-order valence-corrected chi connectivity index (χ2v) is 8.52. The molecule has 1 atom stereocenters. The zero-order chi connectivity index (χ0) is 20.9. The molecular formula is C21H26N2O5S. The number of carbonyl (C=O) groups is 1. The number of hydrogen-bond acceptors (Lipinski definition) is 5. The highest BCUT2D eigenvalue weighted by Gasteiger charge is 2.23. The Morgan fingerprint density at radius 1 is 1.17 bits per heavy atom. The minimum Gasteiger partial charge on any atom is -0.497 e. The summed E-state index contributed by atoms with van der Waals surface area (Å²) in [5.41, 5.74) is 0.882. The van der Waals surface area contributed by atoms with E-state index in [1.54, 1.807) is 48.4 Å². The quantitative estimate of drug-likeness (QED) is 0.712. The van der Waals surface area contributed by atoms with Crippen LogP contribution in [0.5, 0.6) is 5.75 Å². The van der Waals surface area contributed by atoms with Crippen LogP contribution in [-0.2, 0) is 14.8 Å². The van der Waals surface area contributed by atoms with Crippen molar-refractivity contribution in [3.8, 4) is 5.75 Å². The molecule has 8 heteroatoms. The summed E-state index contributed by atoms with van der Waals surface area (Å²) in [6.07, 6.45) is 2.05. The number of sulfonamides is 1. The summed E-state index contributed by atoms with van der Waals surface area (Å²) in [4.78, 5) is 14.6. The maximum Gasteiger partial charge on any atom is 0.261 e. The van der Waals surface area contributed by atoms with E-state index in [2.05, 4.69) is 4.72 Å². The van der Waals surface area contributed by atoms with E-state index in [9.17, 15) is 13.2 Å². The first kappa shape index (κ1) is 21.1. The first-order valence-electron chi connectivity index (χ1n) is 9.60. The van der Waals surface area contributed by atoms with Gasteiger partial charge in [0.25, 0.3) is 15.9 Å². The number of likely N-dealkylation sites (N-methyl/N-ethyl adjacent to an activating group) is 1. The van der Waals surface area contributed by atoms with Crippen molar-refractivity contribution in [2.24, 2.45) is 0 Å². The zero-order valence-corrected chi connectivity index (χ0v) is 17.4. The van der Waals surface area contributed by atoms with Gasteiger partial charge in [0, 0.05) is 30.9 Å². The highest BCUT2D eigenvalue weighted by Crippen LogP contribution is 2.20. The predicted molar refractivity (Wildman–Crippen MR) is 111 cm³/mol. The first-order chi connectivity index (χ1) is 13.9. The summed E-state index contributed by atoms with van der Waals surface area (Å²) in [7, 11) is -2.21. The van der Waals surface area contributed by atoms with Crippen molar-refractivity contribution >= 4 is 21.6 Å². The van der Waals surface area contributed by atoms with E-state index < -0.39 is 10.0 Å². The average Bonchev–Trinajstić information content (AvgIpc) is 3.25. The van der Waals surface area contributed by atoms with E-state index in [0.29, 0.717) is 30.1 Å². The third kappa shape index (κ3) is 5.27. The fourth-order valence-corrected chi connectivity index (χ4v) is 4.28. The van der Waals surface area contributed by atoms with Crippen molar-refractivity contribution < 1.29 is 22.7 Å². The number of methoxy groups -OCH3 is 1. The van der Waals surface area contributed by atoms with Crippen LogP contribution in [0.4, 0.5) is 5.69 Å². The second kappa shape index (κ2) is 9.28. The Balaban J connectivity index is 1.69. The second-order valence-electron chi connectivity index (χ2n) is 6.84. The van der Waals surface area contributed by atoms with Crippen LogP contribution in [0.2, 0.25) is 0 Å². The van der Waals surface area contributed by atoms with Gasteiger partial charge in [0.15, 0.2) is 0 Å². The van der Waals surface area contributed by atoms with Crippen molar-refractivity contribution in [2.45, 2.75) is 30.8 Å². The highest BCUT2D eigenvalue weighted by molar-refractivity contribution is 7.92. The molecule has 1 heterocycles. The van der Waals surface area contributed by atoms with E-state index in [0.717, 1.165) is 19.4 Å². The molecule has 0 aliphatic carbocycles. The van der Waals surface area contributed by atoms with Crippen LogP contribution in [0.25, 0.3) is 0 Å². The fourth-order valence-electron chi connectivity index (χ4n) is 3.22. The number of rotatable bonds is 8. The number of anilines is 1. The molecule has 1 amide bonds. The third-order valence-corrected chi connectivity index (χ3v) is 6.27. The number of ether oxygens (including phenoxy) is 2. The fraction of sp³-hybridized carbons (Fsp3) is 0.381. The molecule has 1 fully saturated rings. The summed E-state index contributed by atoms with van der Waals surface area (Å²) in [6.45, 7) is 3.78. The number of nitrogens with one attached hydrogen (secondary N) is 1. The van der Waals surface area contributed by atoms with Gasteiger partial charge in [-0.2, -0.15) is 0 Å². The molecule has 7 nitrogen and oxygen atoms in total. The van der Waals surface area contributed by atoms with Crippen LogP contribution in [0, 0.1) is 0 Å². The summed E-state index contributed by atoms with van der Waals surface area (Å²) in [6, 6.07) is 12.6. The normalized spacial score (nSPS) is 16.4. The summed E-state index contributed by atoms with van der Waals surface area (Å²) >= 11 is 0. The lowest BCUT2D eigenvalue weighted by Crippen LogP contribution is -2.37. The van der Waals surface area contributed by atoms with Crippen LogP contribution in [0.15, 0.2) is 53.4 Å². The van der Waals surface area contributed by atoms with Gasteiger partial charge in [0.05, 0.1) is 18.1 Å². The maximum atomic E-state index is 12.8. The minimum atomic E-state index is -3.76. The Morgan fingerprint density at radius 2 is 1.86 bits per heavy atom. The number of benzene rings is 2. The van der Waals surface area contributed by atoms with Gasteiger partial charge in [-0.15, -0.1) is 0 Å². The molecule has 3 rings (SSSR count). The minimum absolute atomic E-state index is 0.0762. The number of nitrogens with zero attached hydrogens (tertiary/aromatic N) is 1. The van der Waals surface area contributed by atoms with E-state index in [1.807, 2.05) is 6.92 Å². The average molecular weight is 419 g/mol. The predicted octanol–water partition coefficient (Wildman–Crippen LogP) is 3.14. The Hall–Kier alpha value is -2.58. The Labute approximate surface area is 171 Å². The molecule has 29 heavy (non-hydrogen) atoms. The molecule has 0 radical (unpaired) electrons. The van der Waals surface area contributed by atoms with Gasteiger partial charge in [-0.05, 0) is 68.3 Å². The van der Waals surface area contributed by atoms with E-state index >= 15 is 0 Å². The molecule has 1 unspecified atom stereocenters. The van der Waals surface area contributed by atoms with Gasteiger partial charge in [-0.25, -0.2) is 8.42 Å². The van der Waals surface area contributed by atoms with Gasteiger partial charge in [0.2, 0.25) is 0 Å². The molecule has 0 bridgehead atoms. The van der Waals surface area contributed by atoms with Crippen molar-refractivity contribution in [3.63, 3.8) is 0 Å². The van der Waals surface area contributed by atoms with E-state index in [-0.39, 0.29) is 16.9 Å². The topological polar surface area (TPSA) is 84.9 Å². The largest absolute Gasteiger partial charge is 0.497 e. The Morgan fingerprint density at radius 3 is 2.41 bits per heavy atom. The van der Waals surface area contributed by atoms with Crippen molar-refractivity contribution in [3.05, 3.63) is 54.1 Å². The van der Waals surface area contributed by atoms with Crippen LogP contribution in [0.3, 0.4) is 0 Å². The van der Waals surface area contributed by atoms with Gasteiger partial charge >= 0.3 is 0 Å². The van der Waals surface area contributed by atoms with Gasteiger partial charge in [-0.3, -0.25) is 9.52 Å². The summed E-state index contributed by atoms with van der Waals surface area (Å²) < 4.78 is 38.4. The maximum absolute atomic E-state index is 12.8. The third-order valence-electron chi connectivity index (χ3n) is 4.87. The standard InChI is InChI=1S/C21H26N2O5S/c1-3-23(15-19-5-4-14-28-19)21(24)16-6-12-20(13-7-16)29(25,26)22-17-8-10-18(27-2)11-9-17/h6-13,19,22H,3-5,14-15H2,1-2H3. The number of carbonyl (C=O) groups excluding carboxylic acids is 1. The van der Waals surface area contributed by atoms with Crippen molar-refractivity contribution in [1.82, 2.24) is 4.90 Å². The molecular weight excluding hydrogens is 392 g/mol. The van der Waals surface area contributed by atoms with Gasteiger partial charge in [-0.1, -0.05) is 0 Å². The lowest BCUT2D eigenvalue weighted by Gasteiger charge is -2.24. The van der Waals surface area contributed by atoms with Crippen LogP contribution in [-0.4, -0.2) is 52.1 Å². The van der Waals surface area contributed by atoms with Gasteiger partial charge in [0.1, 0.15) is 5.75 Å². The van der Waals surface area contributed by atoms with Crippen LogP contribution < -0.4 is 9.46 Å². The molecule has 2 aromatic rings. The first-order valence-corrected chi connectivity index (χ1v) is 11.1. The lowest BCUT2D eigenvalue weighted by atomic mass is 10.1. The lowest BCUT2D eigenvalue weighted by molar-refractivity contribution is 0.0539. The monoisotopic (exact) mass is 418 g/mol.